The summed E-state index contributed by atoms with van der Waals surface area (Å²) >= 11 is 0. The smallest absolute Gasteiger partial charge is 0.410 e. The molecule has 3 aromatic rings. The first-order valence-electron chi connectivity index (χ1n) is 23.6. The van der Waals surface area contributed by atoms with Gasteiger partial charge < -0.3 is 58.8 Å². The van der Waals surface area contributed by atoms with E-state index >= 15 is 0 Å². The Kier molecular flexibility index (Phi) is 26.3. The molecule has 4 amide bonds. The topological polar surface area (TPSA) is 238 Å². The molecule has 20 nitrogen and oxygen atoms in total. The van der Waals surface area contributed by atoms with Crippen LogP contribution in [0.2, 0.25) is 0 Å². The highest BCUT2D eigenvalue weighted by atomic mass is 16.6. The van der Waals surface area contributed by atoms with Gasteiger partial charge in [0, 0.05) is 109 Å². The molecule has 2 atom stereocenters. The van der Waals surface area contributed by atoms with E-state index in [0.717, 1.165) is 71.8 Å². The SMILES string of the molecule is CC(C)(C)OC(=O)N1CCN(C(=O)COc2ccc(C=O)cc2)CC1.CC(O)CN1CCN(C(=O)COc2ccc(C=O)cc2)CC1.CC1CO1.CO.O=Cc1ccc(OCC(=O)N2CCNCC2)cc1. The van der Waals surface area contributed by atoms with Crippen molar-refractivity contribution in [2.45, 2.75) is 52.4 Å². The number of epoxide rings is 1. The van der Waals surface area contributed by atoms with Gasteiger partial charge in [-0.1, -0.05) is 0 Å². The third-order valence-corrected chi connectivity index (χ3v) is 10.6. The second-order valence-electron chi connectivity index (χ2n) is 17.6. The first-order chi connectivity index (χ1) is 34.0. The molecule has 390 valence electrons. The lowest BCUT2D eigenvalue weighted by atomic mass is 10.2. The van der Waals surface area contributed by atoms with Crippen molar-refractivity contribution in [1.82, 2.24) is 29.8 Å². The van der Waals surface area contributed by atoms with Crippen molar-refractivity contribution in [3.63, 3.8) is 0 Å². The van der Waals surface area contributed by atoms with Crippen LogP contribution in [-0.4, -0.2) is 214 Å². The molecule has 4 fully saturated rings. The number of nitrogens with zero attached hydrogens (tertiary/aromatic N) is 5. The summed E-state index contributed by atoms with van der Waals surface area (Å²) in [5, 5.41) is 19.6. The number of amides is 4. The average molecular weight is 993 g/mol. The van der Waals surface area contributed by atoms with Gasteiger partial charge in [0.05, 0.1) is 18.8 Å². The molecular weight excluding hydrogens is 921 g/mol. The van der Waals surface area contributed by atoms with Crippen molar-refractivity contribution >= 4 is 42.7 Å². The summed E-state index contributed by atoms with van der Waals surface area (Å²) in [7, 11) is 1.00. The minimum Gasteiger partial charge on any atom is -0.484 e. The van der Waals surface area contributed by atoms with Gasteiger partial charge in [-0.25, -0.2) is 4.79 Å². The Hall–Kier alpha value is -6.45. The van der Waals surface area contributed by atoms with Gasteiger partial charge in [0.2, 0.25) is 0 Å². The predicted octanol–water partition coefficient (Wildman–Crippen LogP) is 2.68. The maximum Gasteiger partial charge on any atom is 0.410 e. The highest BCUT2D eigenvalue weighted by Crippen LogP contribution is 2.16. The van der Waals surface area contributed by atoms with Gasteiger partial charge in [-0.15, -0.1) is 0 Å². The van der Waals surface area contributed by atoms with Gasteiger partial charge in [0.25, 0.3) is 17.7 Å². The first kappa shape index (κ1) is 58.9. The molecule has 4 aliphatic heterocycles. The highest BCUT2D eigenvalue weighted by molar-refractivity contribution is 5.80. The molecule has 2 unspecified atom stereocenters. The lowest BCUT2D eigenvalue weighted by Gasteiger charge is -2.35. The normalized spacial score (nSPS) is 16.7. The van der Waals surface area contributed by atoms with Crippen molar-refractivity contribution in [1.29, 1.82) is 0 Å². The number of hydrogen-bond donors (Lipinski definition) is 3. The lowest BCUT2D eigenvalue weighted by molar-refractivity contribution is -0.135. The number of ether oxygens (including phenoxy) is 5. The number of rotatable bonds is 14. The fraction of sp³-hybridized carbons (Fsp3) is 0.510. The van der Waals surface area contributed by atoms with E-state index in [0.29, 0.717) is 85.9 Å². The first-order valence-corrected chi connectivity index (χ1v) is 23.6. The molecule has 3 N–H and O–H groups in total. The van der Waals surface area contributed by atoms with Gasteiger partial charge in [0.15, 0.2) is 19.8 Å². The number of carbonyl (C=O) groups is 7. The Balaban J connectivity index is 0.000000268. The Bertz CT molecular complexity index is 2060. The maximum atomic E-state index is 12.2. The minimum absolute atomic E-state index is 0.00314. The van der Waals surface area contributed by atoms with Crippen molar-refractivity contribution < 1.29 is 67.5 Å². The van der Waals surface area contributed by atoms with E-state index in [1.54, 1.807) is 99.3 Å². The summed E-state index contributed by atoms with van der Waals surface area (Å²) in [6, 6.07) is 19.9. The summed E-state index contributed by atoms with van der Waals surface area (Å²) in [6.45, 7) is 18.6. The molecule has 0 spiro atoms. The van der Waals surface area contributed by atoms with Crippen LogP contribution in [0, 0.1) is 0 Å². The third kappa shape index (κ3) is 23.8. The fourth-order valence-corrected chi connectivity index (χ4v) is 6.67. The van der Waals surface area contributed by atoms with Crippen molar-refractivity contribution in [2.75, 3.05) is 119 Å². The molecule has 7 rings (SSSR count). The number of aldehydes is 3. The number of aliphatic hydroxyl groups is 2. The Morgan fingerprint density at radius 3 is 1.21 bits per heavy atom. The molecule has 4 saturated heterocycles. The molecule has 4 heterocycles. The molecule has 0 radical (unpaired) electrons. The molecule has 71 heavy (non-hydrogen) atoms. The van der Waals surface area contributed by atoms with Crippen LogP contribution < -0.4 is 19.5 Å². The number of hydrogen-bond acceptors (Lipinski definition) is 16. The largest absolute Gasteiger partial charge is 0.484 e. The van der Waals surface area contributed by atoms with Crippen LogP contribution in [-0.2, 0) is 23.9 Å². The fourth-order valence-electron chi connectivity index (χ4n) is 6.67. The van der Waals surface area contributed by atoms with Gasteiger partial charge >= 0.3 is 6.09 Å². The number of β-amino-alcohol motifs (C(OH)–C–C–N with tert-alkyl or cyclic N) is 1. The van der Waals surface area contributed by atoms with Crippen molar-refractivity contribution in [2.24, 2.45) is 0 Å². The number of piperazine rings is 3. The highest BCUT2D eigenvalue weighted by Gasteiger charge is 2.28. The van der Waals surface area contributed by atoms with E-state index < -0.39 is 5.60 Å². The molecular formula is C51H72N6O14. The lowest BCUT2D eigenvalue weighted by Crippen LogP contribution is -2.52. The van der Waals surface area contributed by atoms with Crippen LogP contribution in [0.25, 0.3) is 0 Å². The summed E-state index contributed by atoms with van der Waals surface area (Å²) in [6.07, 6.45) is 2.17. The monoisotopic (exact) mass is 993 g/mol. The Morgan fingerprint density at radius 1 is 0.606 bits per heavy atom. The predicted molar refractivity (Wildman–Crippen MR) is 264 cm³/mol. The van der Waals surface area contributed by atoms with Crippen LogP contribution in [0.15, 0.2) is 72.8 Å². The van der Waals surface area contributed by atoms with E-state index in [1.807, 2.05) is 20.8 Å². The molecule has 3 aromatic carbocycles. The van der Waals surface area contributed by atoms with E-state index in [1.165, 1.54) is 0 Å². The second-order valence-corrected chi connectivity index (χ2v) is 17.6. The molecule has 0 aliphatic carbocycles. The van der Waals surface area contributed by atoms with Crippen LogP contribution in [0.4, 0.5) is 4.79 Å². The number of aliphatic hydroxyl groups excluding tert-OH is 2. The van der Waals surface area contributed by atoms with Crippen LogP contribution in [0.3, 0.4) is 0 Å². The molecule has 0 bridgehead atoms. The van der Waals surface area contributed by atoms with Gasteiger partial charge in [-0.05, 0) is 107 Å². The molecule has 0 aromatic heterocycles. The summed E-state index contributed by atoms with van der Waals surface area (Å²) in [4.78, 5) is 88.8. The zero-order valence-corrected chi connectivity index (χ0v) is 41.9. The molecule has 4 aliphatic rings. The van der Waals surface area contributed by atoms with Gasteiger partial charge in [-0.3, -0.25) is 33.7 Å². The maximum absolute atomic E-state index is 12.2. The van der Waals surface area contributed by atoms with Crippen LogP contribution in [0.1, 0.15) is 65.7 Å². The van der Waals surface area contributed by atoms with Crippen molar-refractivity contribution in [3.05, 3.63) is 89.5 Å². The molecule has 20 heteroatoms. The average Bonchev–Trinajstić information content (AvgIpc) is 4.19. The van der Waals surface area contributed by atoms with Crippen LogP contribution in [0.5, 0.6) is 17.2 Å². The van der Waals surface area contributed by atoms with Gasteiger partial charge in [0.1, 0.15) is 41.7 Å². The van der Waals surface area contributed by atoms with Crippen molar-refractivity contribution in [3.8, 4) is 17.2 Å². The van der Waals surface area contributed by atoms with E-state index in [9.17, 15) is 38.7 Å². The second kappa shape index (κ2) is 31.7. The Morgan fingerprint density at radius 2 is 0.915 bits per heavy atom. The molecule has 0 saturated carbocycles. The quantitative estimate of drug-likeness (QED) is 0.156. The van der Waals surface area contributed by atoms with E-state index in [4.69, 9.17) is 28.8 Å². The van der Waals surface area contributed by atoms with E-state index in [-0.39, 0.29) is 49.7 Å². The van der Waals surface area contributed by atoms with Gasteiger partial charge in [-0.2, -0.15) is 0 Å². The zero-order chi connectivity index (χ0) is 52.2. The van der Waals surface area contributed by atoms with E-state index in [2.05, 4.69) is 17.1 Å². The third-order valence-electron chi connectivity index (χ3n) is 10.6. The van der Waals surface area contributed by atoms with Crippen LogP contribution >= 0.6 is 0 Å². The number of carbonyl (C=O) groups excluding carboxylic acids is 7. The summed E-state index contributed by atoms with van der Waals surface area (Å²) in [5.74, 6) is 1.53. The Labute approximate surface area is 416 Å². The minimum atomic E-state index is -0.530. The summed E-state index contributed by atoms with van der Waals surface area (Å²) in [5.41, 5.74) is 1.19. The number of benzene rings is 3. The number of nitrogens with one attached hydrogen (secondary N) is 1. The summed E-state index contributed by atoms with van der Waals surface area (Å²) < 4.78 is 26.3. The standard InChI is InChI=1S/C18H24N2O5.C16H22N2O4.C13H16N2O3.C3H6O.CH4O/c1-18(2,3)25-17(23)20-10-8-19(9-11-20)16(22)13-24-15-6-4-14(12-21)5-7-15;1-13(20)10-17-6-8-18(9-7-17)16(21)12-22-15-4-2-14(11-19)3-5-15;16-9-11-1-3-12(4-2-11)18-10-13(17)15-7-5-14-6-8-15;1-3-2-4-3;1-2/h4-7,12H,8-11,13H2,1-3H3;2-5,11,13,20H,6-10,12H2,1H3;1-4,9,14H,5-8,10H2;3H,2H2,1H3;2H,1H3. The zero-order valence-electron chi connectivity index (χ0n) is 41.9.